The number of aromatic hydroxyl groups is 1. The van der Waals surface area contributed by atoms with Crippen molar-refractivity contribution in [2.45, 2.75) is 50.1 Å². The van der Waals surface area contributed by atoms with E-state index in [4.69, 9.17) is 0 Å². The smallest absolute Gasteiger partial charge is 0.274 e. The summed E-state index contributed by atoms with van der Waals surface area (Å²) in [6.07, 6.45) is 6.13. The molecule has 10 heteroatoms. The van der Waals surface area contributed by atoms with Crippen LogP contribution in [0, 0.1) is 0 Å². The van der Waals surface area contributed by atoms with Crippen LogP contribution in [0.3, 0.4) is 0 Å². The fourth-order valence-electron chi connectivity index (χ4n) is 4.13. The van der Waals surface area contributed by atoms with Crippen molar-refractivity contribution in [2.75, 3.05) is 11.1 Å². The lowest BCUT2D eigenvalue weighted by Crippen LogP contribution is -2.21. The van der Waals surface area contributed by atoms with Crippen molar-refractivity contribution in [3.63, 3.8) is 0 Å². The number of rotatable bonds is 12. The maximum atomic E-state index is 12.4. The van der Waals surface area contributed by atoms with Crippen molar-refractivity contribution >= 4 is 34.1 Å². The standard InChI is InChI=1S/C27H32N6O3S/c1-32-24(18-23-21-10-7-8-11-22(21)26(36)33(2)31-23)29-30-27(32)37-17-9-5-3-4-6-12-25(35)28-19-13-15-20(34)16-14-19/h7-8,10-11,13-16,34H,3-6,9,12,17-18H2,1-2H3,(H,28,35). The van der Waals surface area contributed by atoms with E-state index in [9.17, 15) is 14.7 Å². The second kappa shape index (κ2) is 12.5. The molecule has 1 amide bonds. The zero-order chi connectivity index (χ0) is 26.2. The van der Waals surface area contributed by atoms with Crippen molar-refractivity contribution in [1.82, 2.24) is 24.5 Å². The van der Waals surface area contributed by atoms with Gasteiger partial charge in [-0.15, -0.1) is 10.2 Å². The number of thioether (sulfide) groups is 1. The fraction of sp³-hybridized carbons (Fsp3) is 0.370. The summed E-state index contributed by atoms with van der Waals surface area (Å²) < 4.78 is 3.38. The molecule has 0 bridgehead atoms. The van der Waals surface area contributed by atoms with Crippen LogP contribution in [0.2, 0.25) is 0 Å². The summed E-state index contributed by atoms with van der Waals surface area (Å²) in [5.74, 6) is 1.95. The summed E-state index contributed by atoms with van der Waals surface area (Å²) in [5, 5.41) is 27.7. The molecule has 37 heavy (non-hydrogen) atoms. The fourth-order valence-corrected chi connectivity index (χ4v) is 5.06. The number of nitrogens with zero attached hydrogens (tertiary/aromatic N) is 5. The minimum Gasteiger partial charge on any atom is -0.508 e. The molecule has 0 aliphatic rings. The zero-order valence-corrected chi connectivity index (χ0v) is 22.0. The Bertz CT molecular complexity index is 1410. The van der Waals surface area contributed by atoms with Crippen LogP contribution in [0.1, 0.15) is 50.0 Å². The topological polar surface area (TPSA) is 115 Å². The van der Waals surface area contributed by atoms with Crippen LogP contribution in [-0.4, -0.2) is 41.3 Å². The number of hydrogen-bond acceptors (Lipinski definition) is 7. The Balaban J connectivity index is 1.17. The van der Waals surface area contributed by atoms with Crippen LogP contribution in [-0.2, 0) is 25.3 Å². The Morgan fingerprint density at radius 2 is 1.65 bits per heavy atom. The Kier molecular flexibility index (Phi) is 8.95. The highest BCUT2D eigenvalue weighted by atomic mass is 32.2. The normalized spacial score (nSPS) is 11.2. The number of phenols is 1. The van der Waals surface area contributed by atoms with Crippen LogP contribution in [0.15, 0.2) is 58.5 Å². The molecule has 2 aromatic carbocycles. The van der Waals surface area contributed by atoms with Gasteiger partial charge in [0, 0.05) is 37.3 Å². The number of amides is 1. The highest BCUT2D eigenvalue weighted by Gasteiger charge is 2.14. The largest absolute Gasteiger partial charge is 0.508 e. The Labute approximate surface area is 219 Å². The number of phenolic OH excluding ortho intramolecular Hbond substituents is 1. The van der Waals surface area contributed by atoms with E-state index in [1.165, 1.54) is 4.68 Å². The Morgan fingerprint density at radius 3 is 2.43 bits per heavy atom. The van der Waals surface area contributed by atoms with Crippen LogP contribution in [0.5, 0.6) is 5.75 Å². The number of carbonyl (C=O) groups excluding carboxylic acids is 1. The third-order valence-corrected chi connectivity index (χ3v) is 7.32. The van der Waals surface area contributed by atoms with Gasteiger partial charge in [0.2, 0.25) is 5.91 Å². The number of aryl methyl sites for hydroxylation is 1. The first-order valence-corrected chi connectivity index (χ1v) is 13.5. The molecule has 0 spiro atoms. The first kappa shape index (κ1) is 26.4. The van der Waals surface area contributed by atoms with Gasteiger partial charge < -0.3 is 15.0 Å². The number of benzene rings is 2. The lowest BCUT2D eigenvalue weighted by atomic mass is 10.1. The van der Waals surface area contributed by atoms with Crippen molar-refractivity contribution in [1.29, 1.82) is 0 Å². The number of fused-ring (bicyclic) bond motifs is 1. The molecule has 0 atom stereocenters. The zero-order valence-electron chi connectivity index (χ0n) is 21.2. The summed E-state index contributed by atoms with van der Waals surface area (Å²) in [7, 11) is 3.63. The monoisotopic (exact) mass is 520 g/mol. The lowest BCUT2D eigenvalue weighted by Gasteiger charge is -2.08. The quantitative estimate of drug-likeness (QED) is 0.161. The second-order valence-corrected chi connectivity index (χ2v) is 10.1. The molecule has 4 rings (SSSR count). The summed E-state index contributed by atoms with van der Waals surface area (Å²) in [6.45, 7) is 0. The summed E-state index contributed by atoms with van der Waals surface area (Å²) >= 11 is 1.69. The summed E-state index contributed by atoms with van der Waals surface area (Å²) in [4.78, 5) is 24.4. The maximum Gasteiger partial charge on any atom is 0.274 e. The average Bonchev–Trinajstić information content (AvgIpc) is 3.24. The number of nitrogens with one attached hydrogen (secondary N) is 1. The average molecular weight is 521 g/mol. The molecule has 0 saturated heterocycles. The van der Waals surface area contributed by atoms with Crippen LogP contribution >= 0.6 is 11.8 Å². The molecule has 0 radical (unpaired) electrons. The maximum absolute atomic E-state index is 12.4. The van der Waals surface area contributed by atoms with Crippen molar-refractivity contribution in [3.8, 4) is 5.75 Å². The van der Waals surface area contributed by atoms with Crippen molar-refractivity contribution < 1.29 is 9.90 Å². The molecule has 194 valence electrons. The first-order chi connectivity index (χ1) is 17.9. The van der Waals surface area contributed by atoms with Gasteiger partial charge in [0.05, 0.1) is 17.5 Å². The molecule has 0 aliphatic carbocycles. The second-order valence-electron chi connectivity index (χ2n) is 9.02. The van der Waals surface area contributed by atoms with E-state index < -0.39 is 0 Å². The highest BCUT2D eigenvalue weighted by molar-refractivity contribution is 7.99. The number of hydrogen-bond donors (Lipinski definition) is 2. The molecular weight excluding hydrogens is 488 g/mol. The van der Waals surface area contributed by atoms with E-state index in [2.05, 4.69) is 20.6 Å². The summed E-state index contributed by atoms with van der Waals surface area (Å²) in [5.41, 5.74) is 1.40. The third-order valence-electron chi connectivity index (χ3n) is 6.21. The molecule has 0 aliphatic heterocycles. The van der Waals surface area contributed by atoms with Crippen molar-refractivity contribution in [2.24, 2.45) is 14.1 Å². The SMILES string of the molecule is Cn1c(Cc2nn(C)c(=O)c3ccccc23)nnc1SCCCCCCCC(=O)Nc1ccc(O)cc1. The minimum absolute atomic E-state index is 0.000235. The van der Waals surface area contributed by atoms with Gasteiger partial charge in [0.25, 0.3) is 5.56 Å². The molecule has 0 unspecified atom stereocenters. The molecule has 9 nitrogen and oxygen atoms in total. The Morgan fingerprint density at radius 1 is 0.946 bits per heavy atom. The molecule has 0 saturated carbocycles. The van der Waals surface area contributed by atoms with Gasteiger partial charge in [-0.1, -0.05) is 49.2 Å². The third kappa shape index (κ3) is 6.97. The minimum atomic E-state index is -0.106. The lowest BCUT2D eigenvalue weighted by molar-refractivity contribution is -0.116. The van der Waals surface area contributed by atoms with Gasteiger partial charge in [0.1, 0.15) is 11.6 Å². The van der Waals surface area contributed by atoms with E-state index in [1.807, 2.05) is 35.9 Å². The highest BCUT2D eigenvalue weighted by Crippen LogP contribution is 2.21. The molecule has 4 aromatic rings. The number of unbranched alkanes of at least 4 members (excludes halogenated alkanes) is 4. The summed E-state index contributed by atoms with van der Waals surface area (Å²) in [6, 6.07) is 14.0. The first-order valence-electron chi connectivity index (χ1n) is 12.5. The van der Waals surface area contributed by atoms with Gasteiger partial charge >= 0.3 is 0 Å². The van der Waals surface area contributed by atoms with Gasteiger partial charge in [-0.3, -0.25) is 9.59 Å². The van der Waals surface area contributed by atoms with E-state index in [0.717, 1.165) is 59.9 Å². The predicted molar refractivity (Wildman–Crippen MR) is 146 cm³/mol. The van der Waals surface area contributed by atoms with Crippen molar-refractivity contribution in [3.05, 3.63) is 70.4 Å². The molecule has 2 heterocycles. The number of anilines is 1. The van der Waals surface area contributed by atoms with Gasteiger partial charge in [-0.2, -0.15) is 5.10 Å². The van der Waals surface area contributed by atoms with Crippen LogP contribution in [0.25, 0.3) is 10.8 Å². The van der Waals surface area contributed by atoms with Gasteiger partial charge in [-0.05, 0) is 43.2 Å². The van der Waals surface area contributed by atoms with E-state index >= 15 is 0 Å². The van der Waals surface area contributed by atoms with Gasteiger partial charge in [-0.25, -0.2) is 4.68 Å². The van der Waals surface area contributed by atoms with Gasteiger partial charge in [0.15, 0.2) is 5.16 Å². The van der Waals surface area contributed by atoms with E-state index in [0.29, 0.717) is 23.9 Å². The predicted octanol–water partition coefficient (Wildman–Crippen LogP) is 4.43. The van der Waals surface area contributed by atoms with Crippen LogP contribution in [0.4, 0.5) is 5.69 Å². The number of aromatic nitrogens is 5. The van der Waals surface area contributed by atoms with E-state index in [1.54, 1.807) is 43.1 Å². The van der Waals surface area contributed by atoms with Crippen LogP contribution < -0.4 is 10.9 Å². The van der Waals surface area contributed by atoms with E-state index in [-0.39, 0.29) is 17.2 Å². The molecule has 2 N–H and O–H groups in total. The Hall–Kier alpha value is -3.66. The number of carbonyl (C=O) groups is 1. The molecular formula is C27H32N6O3S. The molecule has 2 aromatic heterocycles. The molecule has 0 fully saturated rings.